The van der Waals surface area contributed by atoms with Crippen LogP contribution in [-0.4, -0.2) is 12.6 Å². The topological polar surface area (TPSA) is 12.0 Å². The van der Waals surface area contributed by atoms with Crippen LogP contribution in [0.1, 0.15) is 32.3 Å². The lowest BCUT2D eigenvalue weighted by atomic mass is 9.98. The predicted molar refractivity (Wildman–Crippen MR) is 76.7 cm³/mol. The number of hydrogen-bond acceptors (Lipinski definition) is 1. The molecular weight excluding hydrogens is 230 g/mol. The maximum Gasteiger partial charge on any atom is 0.0406 e. The molecule has 1 N–H and O–H groups in total. The molecule has 0 heterocycles. The van der Waals surface area contributed by atoms with Gasteiger partial charge in [-0.2, -0.15) is 0 Å². The highest BCUT2D eigenvalue weighted by Crippen LogP contribution is 2.15. The van der Waals surface area contributed by atoms with E-state index in [0.29, 0.717) is 6.04 Å². The van der Waals surface area contributed by atoms with Crippen LogP contribution in [0.3, 0.4) is 0 Å². The summed E-state index contributed by atoms with van der Waals surface area (Å²) in [5.41, 5.74) is 2.63. The molecule has 0 aliphatic carbocycles. The first kappa shape index (κ1) is 14.3. The van der Waals surface area contributed by atoms with Crippen LogP contribution in [0.15, 0.2) is 36.4 Å². The van der Waals surface area contributed by atoms with Crippen molar-refractivity contribution in [2.75, 3.05) is 6.54 Å². The molecule has 1 unspecified atom stereocenters. The summed E-state index contributed by atoms with van der Waals surface area (Å²) in [6.07, 6.45) is 3.14. The lowest BCUT2D eigenvalue weighted by Crippen LogP contribution is -2.31. The Kier molecular flexibility index (Phi) is 6.31. The fourth-order valence-corrected chi connectivity index (χ4v) is 2.03. The number of halogens is 1. The summed E-state index contributed by atoms with van der Waals surface area (Å²) in [4.78, 5) is 0. The second-order valence-corrected chi connectivity index (χ2v) is 4.83. The van der Waals surface area contributed by atoms with Gasteiger partial charge in [-0.15, -0.1) is 0 Å². The fraction of sp³-hybridized carbons (Fsp3) is 0.467. The van der Waals surface area contributed by atoms with Crippen LogP contribution in [0.4, 0.5) is 0 Å². The normalized spacial score (nSPS) is 12.4. The van der Waals surface area contributed by atoms with E-state index in [1.807, 2.05) is 12.1 Å². The van der Waals surface area contributed by atoms with E-state index < -0.39 is 0 Å². The maximum atomic E-state index is 5.89. The molecule has 0 fully saturated rings. The molecule has 0 spiro atoms. The van der Waals surface area contributed by atoms with Crippen LogP contribution in [0, 0.1) is 0 Å². The number of nitrogens with one attached hydrogen (secondary N) is 1. The highest BCUT2D eigenvalue weighted by Gasteiger charge is 2.09. The minimum Gasteiger partial charge on any atom is -0.314 e. The summed E-state index contributed by atoms with van der Waals surface area (Å²) in [6.45, 7) is 9.39. The van der Waals surface area contributed by atoms with Crippen LogP contribution in [0.5, 0.6) is 0 Å². The lowest BCUT2D eigenvalue weighted by molar-refractivity contribution is 0.516. The van der Waals surface area contributed by atoms with Crippen molar-refractivity contribution in [1.82, 2.24) is 5.32 Å². The van der Waals surface area contributed by atoms with E-state index in [1.54, 1.807) is 0 Å². The van der Waals surface area contributed by atoms with Gasteiger partial charge in [0.25, 0.3) is 0 Å². The van der Waals surface area contributed by atoms with Gasteiger partial charge in [0.2, 0.25) is 0 Å². The van der Waals surface area contributed by atoms with Crippen LogP contribution in [0.25, 0.3) is 0 Å². The van der Waals surface area contributed by atoms with E-state index >= 15 is 0 Å². The van der Waals surface area contributed by atoms with Gasteiger partial charge in [0.05, 0.1) is 0 Å². The molecule has 2 heteroatoms. The lowest BCUT2D eigenvalue weighted by Gasteiger charge is -2.19. The molecule has 0 saturated carbocycles. The van der Waals surface area contributed by atoms with E-state index in [-0.39, 0.29) is 0 Å². The Morgan fingerprint density at radius 1 is 1.29 bits per heavy atom. The molecule has 0 amide bonds. The third-order valence-corrected chi connectivity index (χ3v) is 3.18. The molecule has 0 radical (unpaired) electrons. The molecule has 1 rings (SSSR count). The monoisotopic (exact) mass is 251 g/mol. The van der Waals surface area contributed by atoms with Crippen molar-refractivity contribution in [2.24, 2.45) is 0 Å². The summed E-state index contributed by atoms with van der Waals surface area (Å²) in [5.74, 6) is 0. The molecule has 0 aliphatic rings. The molecule has 17 heavy (non-hydrogen) atoms. The van der Waals surface area contributed by atoms with Crippen molar-refractivity contribution in [3.63, 3.8) is 0 Å². The smallest absolute Gasteiger partial charge is 0.0406 e. The summed E-state index contributed by atoms with van der Waals surface area (Å²) in [7, 11) is 0. The molecule has 1 nitrogen and oxygen atoms in total. The largest absolute Gasteiger partial charge is 0.314 e. The zero-order chi connectivity index (χ0) is 12.7. The molecule has 94 valence electrons. The Hall–Kier alpha value is -0.790. The van der Waals surface area contributed by atoms with E-state index in [0.717, 1.165) is 30.8 Å². The van der Waals surface area contributed by atoms with Crippen molar-refractivity contribution in [3.8, 4) is 0 Å². The van der Waals surface area contributed by atoms with Crippen molar-refractivity contribution in [1.29, 1.82) is 0 Å². The van der Waals surface area contributed by atoms with Crippen LogP contribution >= 0.6 is 11.6 Å². The number of benzene rings is 1. The van der Waals surface area contributed by atoms with E-state index in [2.05, 4.69) is 37.9 Å². The van der Waals surface area contributed by atoms with Crippen molar-refractivity contribution in [3.05, 3.63) is 47.0 Å². The standard InChI is InChI=1S/C15H22ClN/c1-4-12(3)10-15(17-5-2)11-13-6-8-14(16)9-7-13/h6-9,15,17H,3-5,10-11H2,1-2H3. The van der Waals surface area contributed by atoms with E-state index in [1.165, 1.54) is 11.1 Å². The first-order chi connectivity index (χ1) is 8.15. The Morgan fingerprint density at radius 2 is 1.94 bits per heavy atom. The molecule has 0 saturated heterocycles. The predicted octanol–water partition coefficient (Wildman–Crippen LogP) is 4.22. The summed E-state index contributed by atoms with van der Waals surface area (Å²) in [5, 5.41) is 4.31. The van der Waals surface area contributed by atoms with Gasteiger partial charge >= 0.3 is 0 Å². The third kappa shape index (κ3) is 5.38. The van der Waals surface area contributed by atoms with Gasteiger partial charge in [-0.05, 0) is 43.5 Å². The Balaban J connectivity index is 2.59. The van der Waals surface area contributed by atoms with E-state index in [4.69, 9.17) is 11.6 Å². The number of hydrogen-bond donors (Lipinski definition) is 1. The molecule has 0 aliphatic heterocycles. The average molecular weight is 252 g/mol. The Bertz CT molecular complexity index is 342. The minimum atomic E-state index is 0.480. The Labute approximate surface area is 110 Å². The van der Waals surface area contributed by atoms with Crippen molar-refractivity contribution in [2.45, 2.75) is 39.2 Å². The molecular formula is C15H22ClN. The van der Waals surface area contributed by atoms with Crippen molar-refractivity contribution >= 4 is 11.6 Å². The molecule has 1 aromatic rings. The van der Waals surface area contributed by atoms with E-state index in [9.17, 15) is 0 Å². The van der Waals surface area contributed by atoms with Gasteiger partial charge in [0.1, 0.15) is 0 Å². The number of likely N-dealkylation sites (N-methyl/N-ethyl adjacent to an activating group) is 1. The minimum absolute atomic E-state index is 0.480. The SMILES string of the molecule is C=C(CC)CC(Cc1ccc(Cl)cc1)NCC. The molecule has 1 aromatic carbocycles. The molecule has 0 bridgehead atoms. The first-order valence-corrected chi connectivity index (χ1v) is 6.68. The zero-order valence-electron chi connectivity index (χ0n) is 10.8. The Morgan fingerprint density at radius 3 is 2.47 bits per heavy atom. The van der Waals surface area contributed by atoms with Crippen molar-refractivity contribution < 1.29 is 0 Å². The van der Waals surface area contributed by atoms with Crippen LogP contribution in [0.2, 0.25) is 5.02 Å². The van der Waals surface area contributed by atoms with Crippen LogP contribution < -0.4 is 5.32 Å². The fourth-order valence-electron chi connectivity index (χ4n) is 1.90. The quantitative estimate of drug-likeness (QED) is 0.716. The third-order valence-electron chi connectivity index (χ3n) is 2.92. The summed E-state index contributed by atoms with van der Waals surface area (Å²) < 4.78 is 0. The van der Waals surface area contributed by atoms with Gasteiger partial charge < -0.3 is 5.32 Å². The van der Waals surface area contributed by atoms with Gasteiger partial charge in [0, 0.05) is 11.1 Å². The highest BCUT2D eigenvalue weighted by molar-refractivity contribution is 6.30. The molecule has 1 atom stereocenters. The van der Waals surface area contributed by atoms with Gasteiger partial charge in [0.15, 0.2) is 0 Å². The zero-order valence-corrected chi connectivity index (χ0v) is 11.6. The maximum absolute atomic E-state index is 5.89. The second kappa shape index (κ2) is 7.52. The van der Waals surface area contributed by atoms with Gasteiger partial charge in [-0.1, -0.05) is 49.7 Å². The summed E-state index contributed by atoms with van der Waals surface area (Å²) >= 11 is 5.89. The average Bonchev–Trinajstić information content (AvgIpc) is 2.32. The van der Waals surface area contributed by atoms with Gasteiger partial charge in [-0.25, -0.2) is 0 Å². The summed E-state index contributed by atoms with van der Waals surface area (Å²) in [6, 6.07) is 8.58. The van der Waals surface area contributed by atoms with Crippen LogP contribution in [-0.2, 0) is 6.42 Å². The molecule has 0 aromatic heterocycles. The second-order valence-electron chi connectivity index (χ2n) is 4.39. The highest BCUT2D eigenvalue weighted by atomic mass is 35.5. The first-order valence-electron chi connectivity index (χ1n) is 6.30. The number of rotatable bonds is 7. The van der Waals surface area contributed by atoms with Gasteiger partial charge in [-0.3, -0.25) is 0 Å².